The number of benzene rings is 1. The summed E-state index contributed by atoms with van der Waals surface area (Å²) in [5, 5.41) is 15.5. The van der Waals surface area contributed by atoms with Crippen molar-refractivity contribution < 1.29 is 26.7 Å². The molecule has 1 aliphatic rings. The van der Waals surface area contributed by atoms with Crippen LogP contribution >= 0.6 is 0 Å². The van der Waals surface area contributed by atoms with Gasteiger partial charge in [-0.05, 0) is 49.6 Å². The third-order valence-corrected chi connectivity index (χ3v) is 6.85. The number of nitrogens with zero attached hydrogens (tertiary/aromatic N) is 4. The smallest absolute Gasteiger partial charge is 0.416 e. The predicted octanol–water partition coefficient (Wildman–Crippen LogP) is 3.73. The molecule has 0 spiro atoms. The maximum absolute atomic E-state index is 13.0. The average molecular weight is 454 g/mol. The Hall–Kier alpha value is -2.66. The van der Waals surface area contributed by atoms with Crippen LogP contribution in [0.4, 0.5) is 13.2 Å². The van der Waals surface area contributed by atoms with Crippen LogP contribution in [0.1, 0.15) is 30.0 Å². The monoisotopic (exact) mass is 454 g/mol. The number of phenolic OH excluding ortho intramolecular Hbond substituents is 1. The molecule has 1 aromatic carbocycles. The second-order valence-corrected chi connectivity index (χ2v) is 9.78. The lowest BCUT2D eigenvalue weighted by molar-refractivity contribution is -0.137. The molecule has 1 aliphatic heterocycles. The van der Waals surface area contributed by atoms with Crippen LogP contribution in [-0.4, -0.2) is 51.9 Å². The molecule has 3 aromatic rings. The molecule has 11 heteroatoms. The molecular formula is C20H21F3N4O3S. The van der Waals surface area contributed by atoms with Gasteiger partial charge in [0.15, 0.2) is 5.65 Å². The molecule has 1 fully saturated rings. The fourth-order valence-electron chi connectivity index (χ4n) is 3.95. The lowest BCUT2D eigenvalue weighted by Gasteiger charge is -2.30. The van der Waals surface area contributed by atoms with E-state index >= 15 is 0 Å². The van der Waals surface area contributed by atoms with Crippen LogP contribution in [0.25, 0.3) is 22.3 Å². The molecule has 0 amide bonds. The molecule has 0 saturated carbocycles. The highest BCUT2D eigenvalue weighted by Gasteiger charge is 2.32. The van der Waals surface area contributed by atoms with Gasteiger partial charge in [0.1, 0.15) is 5.75 Å². The van der Waals surface area contributed by atoms with Crippen LogP contribution in [0.15, 0.2) is 30.5 Å². The Balaban J connectivity index is 1.64. The molecule has 1 saturated heterocycles. The van der Waals surface area contributed by atoms with Gasteiger partial charge in [-0.15, -0.1) is 0 Å². The van der Waals surface area contributed by atoms with Crippen molar-refractivity contribution in [3.63, 3.8) is 0 Å². The fraction of sp³-hybridized carbons (Fsp3) is 0.400. The number of pyridine rings is 1. The molecule has 1 N–H and O–H groups in total. The van der Waals surface area contributed by atoms with Gasteiger partial charge >= 0.3 is 6.18 Å². The van der Waals surface area contributed by atoms with Gasteiger partial charge < -0.3 is 5.11 Å². The van der Waals surface area contributed by atoms with E-state index in [1.807, 2.05) is 6.20 Å². The molecule has 3 heterocycles. The van der Waals surface area contributed by atoms with Crippen molar-refractivity contribution in [3.05, 3.63) is 41.6 Å². The van der Waals surface area contributed by atoms with E-state index in [0.717, 1.165) is 11.5 Å². The number of hydrogen-bond acceptors (Lipinski definition) is 5. The molecule has 7 nitrogen and oxygen atoms in total. The summed E-state index contributed by atoms with van der Waals surface area (Å²) in [7, 11) is -3.22. The number of halogens is 3. The van der Waals surface area contributed by atoms with Crippen LogP contribution in [0, 0.1) is 6.92 Å². The van der Waals surface area contributed by atoms with Gasteiger partial charge in [-0.3, -0.25) is 4.68 Å². The lowest BCUT2D eigenvalue weighted by Crippen LogP contribution is -2.38. The maximum Gasteiger partial charge on any atom is 0.416 e. The van der Waals surface area contributed by atoms with Crippen molar-refractivity contribution in [2.45, 2.75) is 32.0 Å². The van der Waals surface area contributed by atoms with Crippen molar-refractivity contribution in [2.75, 3.05) is 19.3 Å². The Morgan fingerprint density at radius 2 is 1.84 bits per heavy atom. The average Bonchev–Trinajstić information content (AvgIpc) is 3.09. The second kappa shape index (κ2) is 7.49. The molecule has 166 valence electrons. The highest BCUT2D eigenvalue weighted by molar-refractivity contribution is 7.88. The Kier molecular flexibility index (Phi) is 5.21. The first-order valence-corrected chi connectivity index (χ1v) is 11.5. The van der Waals surface area contributed by atoms with Gasteiger partial charge in [0.05, 0.1) is 23.6 Å². The number of aromatic hydroxyl groups is 1. The maximum atomic E-state index is 13.0. The van der Waals surface area contributed by atoms with E-state index in [9.17, 15) is 26.7 Å². The third-order valence-electron chi connectivity index (χ3n) is 5.55. The molecule has 0 aliphatic carbocycles. The predicted molar refractivity (Wildman–Crippen MR) is 109 cm³/mol. The van der Waals surface area contributed by atoms with Crippen molar-refractivity contribution in [2.24, 2.45) is 0 Å². The zero-order chi connectivity index (χ0) is 22.6. The SMILES string of the molecule is Cc1cc(C(F)(F)F)cc(O)c1-c1ccc2cn(C3CCN(S(C)(=O)=O)CC3)nc2n1. The summed E-state index contributed by atoms with van der Waals surface area (Å²) < 4.78 is 65.5. The number of piperidine rings is 1. The fourth-order valence-corrected chi connectivity index (χ4v) is 4.82. The third kappa shape index (κ3) is 4.24. The summed E-state index contributed by atoms with van der Waals surface area (Å²) in [5.41, 5.74) is 0.296. The van der Waals surface area contributed by atoms with Crippen molar-refractivity contribution >= 4 is 21.1 Å². The lowest BCUT2D eigenvalue weighted by atomic mass is 10.00. The molecule has 4 rings (SSSR count). The largest absolute Gasteiger partial charge is 0.507 e. The number of hydrogen-bond donors (Lipinski definition) is 1. The van der Waals surface area contributed by atoms with E-state index in [2.05, 4.69) is 10.1 Å². The Morgan fingerprint density at radius 3 is 2.42 bits per heavy atom. The summed E-state index contributed by atoms with van der Waals surface area (Å²) in [4.78, 5) is 4.45. The first-order valence-electron chi connectivity index (χ1n) is 9.65. The van der Waals surface area contributed by atoms with Crippen molar-refractivity contribution in [1.82, 2.24) is 19.1 Å². The van der Waals surface area contributed by atoms with Gasteiger partial charge in [-0.1, -0.05) is 0 Å². The van der Waals surface area contributed by atoms with Gasteiger partial charge in [-0.25, -0.2) is 17.7 Å². The zero-order valence-electron chi connectivity index (χ0n) is 16.9. The van der Waals surface area contributed by atoms with Crippen LogP contribution in [0.3, 0.4) is 0 Å². The Labute approximate surface area is 177 Å². The number of alkyl halides is 3. The number of aryl methyl sites for hydroxylation is 1. The summed E-state index contributed by atoms with van der Waals surface area (Å²) in [5.74, 6) is -0.494. The number of rotatable bonds is 3. The van der Waals surface area contributed by atoms with Crippen molar-refractivity contribution in [3.8, 4) is 17.0 Å². The Bertz CT molecular complexity index is 1220. The minimum absolute atomic E-state index is 0.0249. The zero-order valence-corrected chi connectivity index (χ0v) is 17.7. The van der Waals surface area contributed by atoms with Crippen molar-refractivity contribution in [1.29, 1.82) is 0 Å². The second-order valence-electron chi connectivity index (χ2n) is 7.80. The topological polar surface area (TPSA) is 88.3 Å². The van der Waals surface area contributed by atoms with E-state index < -0.39 is 27.5 Å². The standard InChI is InChI=1S/C20H21F3N4O3S/c1-12-9-14(20(21,22)23)10-17(28)18(12)16-4-3-13-11-27(25-19(13)24-16)15-5-7-26(8-6-15)31(2,29)30/h3-4,9-11,15,28H,5-8H2,1-2H3. The summed E-state index contributed by atoms with van der Waals surface area (Å²) in [6.45, 7) is 2.32. The Morgan fingerprint density at radius 1 is 1.16 bits per heavy atom. The number of phenols is 1. The summed E-state index contributed by atoms with van der Waals surface area (Å²) >= 11 is 0. The van der Waals surface area contributed by atoms with Gasteiger partial charge in [0.25, 0.3) is 0 Å². The quantitative estimate of drug-likeness (QED) is 0.652. The molecule has 0 atom stereocenters. The molecule has 0 unspecified atom stereocenters. The van der Waals surface area contributed by atoms with E-state index in [0.29, 0.717) is 43.3 Å². The first-order chi connectivity index (χ1) is 14.4. The van der Waals surface area contributed by atoms with Crippen LogP contribution in [0.5, 0.6) is 5.75 Å². The molecule has 2 aromatic heterocycles. The normalized spacial score (nSPS) is 16.8. The van der Waals surface area contributed by atoms with E-state index in [1.165, 1.54) is 17.5 Å². The highest BCUT2D eigenvalue weighted by Crippen LogP contribution is 2.39. The van der Waals surface area contributed by atoms with E-state index in [4.69, 9.17) is 0 Å². The number of sulfonamides is 1. The molecule has 0 radical (unpaired) electrons. The summed E-state index contributed by atoms with van der Waals surface area (Å²) in [6.07, 6.45) is -0.297. The first kappa shape index (κ1) is 21.6. The summed E-state index contributed by atoms with van der Waals surface area (Å²) in [6, 6.07) is 5.09. The van der Waals surface area contributed by atoms with Crippen LogP contribution in [-0.2, 0) is 16.2 Å². The molecule has 0 bridgehead atoms. The highest BCUT2D eigenvalue weighted by atomic mass is 32.2. The van der Waals surface area contributed by atoms with Gasteiger partial charge in [-0.2, -0.15) is 18.3 Å². The minimum atomic E-state index is -4.55. The number of aromatic nitrogens is 3. The van der Waals surface area contributed by atoms with Gasteiger partial charge in [0.2, 0.25) is 10.0 Å². The number of fused-ring (bicyclic) bond motifs is 1. The van der Waals surface area contributed by atoms with E-state index in [1.54, 1.807) is 16.8 Å². The van der Waals surface area contributed by atoms with Crippen LogP contribution < -0.4 is 0 Å². The van der Waals surface area contributed by atoms with E-state index in [-0.39, 0.29) is 17.2 Å². The molecular weight excluding hydrogens is 433 g/mol. The van der Waals surface area contributed by atoms with Crippen LogP contribution in [0.2, 0.25) is 0 Å². The minimum Gasteiger partial charge on any atom is -0.507 e. The molecule has 31 heavy (non-hydrogen) atoms. The van der Waals surface area contributed by atoms with Gasteiger partial charge in [0, 0.05) is 30.2 Å².